The normalized spacial score (nSPS) is 18.3. The minimum atomic E-state index is -3.54. The molecular weight excluding hydrogens is 545 g/mol. The lowest BCUT2D eigenvalue weighted by atomic mass is 10.2. The van der Waals surface area contributed by atoms with Crippen LogP contribution in [0, 0.1) is 3.57 Å². The van der Waals surface area contributed by atoms with Crippen molar-refractivity contribution in [1.82, 2.24) is 9.62 Å². The van der Waals surface area contributed by atoms with Crippen LogP contribution in [0.3, 0.4) is 0 Å². The molecule has 0 aliphatic carbocycles. The third kappa shape index (κ3) is 4.70. The van der Waals surface area contributed by atoms with Crippen molar-refractivity contribution in [2.24, 2.45) is 0 Å². The van der Waals surface area contributed by atoms with Crippen LogP contribution in [0.15, 0.2) is 51.8 Å². The molecule has 2 N–H and O–H groups in total. The minimum Gasteiger partial charge on any atom is -0.322 e. The first kappa shape index (κ1) is 20.7. The van der Waals surface area contributed by atoms with Crippen molar-refractivity contribution >= 4 is 60.1 Å². The summed E-state index contributed by atoms with van der Waals surface area (Å²) in [5.74, 6) is -0.244. The van der Waals surface area contributed by atoms with Crippen LogP contribution in [0.2, 0.25) is 0 Å². The predicted molar refractivity (Wildman–Crippen MR) is 117 cm³/mol. The average molecular weight is 564 g/mol. The third-order valence-electron chi connectivity index (χ3n) is 4.34. The fourth-order valence-electron chi connectivity index (χ4n) is 2.87. The number of carbonyl (C=O) groups excluding carboxylic acids is 1. The Morgan fingerprint density at radius 2 is 1.96 bits per heavy atom. The van der Waals surface area contributed by atoms with Crippen molar-refractivity contribution in [3.8, 4) is 0 Å². The smallest absolute Gasteiger partial charge is 0.255 e. The molecule has 2 aromatic carbocycles. The number of halogens is 2. The average Bonchev–Trinajstić information content (AvgIpc) is 2.64. The van der Waals surface area contributed by atoms with Crippen molar-refractivity contribution < 1.29 is 13.2 Å². The van der Waals surface area contributed by atoms with Gasteiger partial charge in [-0.15, -0.1) is 0 Å². The molecule has 1 aliphatic heterocycles. The third-order valence-corrected chi connectivity index (χ3v) is 8.69. The second-order valence-corrected chi connectivity index (χ2v) is 10.2. The zero-order chi connectivity index (χ0) is 19.6. The van der Waals surface area contributed by atoms with Gasteiger partial charge >= 0.3 is 0 Å². The van der Waals surface area contributed by atoms with Crippen LogP contribution >= 0.6 is 38.5 Å². The van der Waals surface area contributed by atoms with E-state index >= 15 is 0 Å². The van der Waals surface area contributed by atoms with Crippen LogP contribution in [0.5, 0.6) is 0 Å². The summed E-state index contributed by atoms with van der Waals surface area (Å²) in [6.45, 7) is 3.62. The number of nitrogens with zero attached hydrogens (tertiary/aromatic N) is 1. The molecule has 1 fully saturated rings. The van der Waals surface area contributed by atoms with E-state index in [1.54, 1.807) is 24.3 Å². The molecule has 6 nitrogen and oxygen atoms in total. The molecule has 1 atom stereocenters. The van der Waals surface area contributed by atoms with Gasteiger partial charge in [-0.05, 0) is 87.9 Å². The lowest BCUT2D eigenvalue weighted by molar-refractivity contribution is 0.102. The number of benzene rings is 2. The highest BCUT2D eigenvalue weighted by Gasteiger charge is 2.30. The van der Waals surface area contributed by atoms with Crippen LogP contribution in [0.1, 0.15) is 17.3 Å². The SMILES string of the molecule is CC1CNCCN1S(=O)(=O)c1ccc(NC(=O)c2ccc(Br)c(I)c2)cc1. The zero-order valence-electron chi connectivity index (χ0n) is 14.6. The molecule has 144 valence electrons. The molecule has 1 aliphatic rings. The molecule has 1 unspecified atom stereocenters. The highest BCUT2D eigenvalue weighted by Crippen LogP contribution is 2.23. The molecule has 0 radical (unpaired) electrons. The van der Waals surface area contributed by atoms with Gasteiger partial charge in [-0.3, -0.25) is 4.79 Å². The second-order valence-electron chi connectivity index (χ2n) is 6.28. The minimum absolute atomic E-state index is 0.0944. The van der Waals surface area contributed by atoms with E-state index in [0.717, 1.165) is 8.04 Å². The van der Waals surface area contributed by atoms with E-state index in [-0.39, 0.29) is 16.8 Å². The van der Waals surface area contributed by atoms with Crippen molar-refractivity contribution in [3.63, 3.8) is 0 Å². The predicted octanol–water partition coefficient (Wildman–Crippen LogP) is 3.29. The first-order valence-electron chi connectivity index (χ1n) is 8.38. The van der Waals surface area contributed by atoms with E-state index in [1.807, 2.05) is 13.0 Å². The summed E-state index contributed by atoms with van der Waals surface area (Å²) in [4.78, 5) is 12.6. The van der Waals surface area contributed by atoms with E-state index in [2.05, 4.69) is 49.2 Å². The molecule has 27 heavy (non-hydrogen) atoms. The van der Waals surface area contributed by atoms with Crippen molar-refractivity contribution in [2.75, 3.05) is 25.0 Å². The van der Waals surface area contributed by atoms with Crippen molar-refractivity contribution in [3.05, 3.63) is 56.1 Å². The van der Waals surface area contributed by atoms with Gasteiger partial charge in [-0.25, -0.2) is 8.42 Å². The Balaban J connectivity index is 1.75. The molecule has 1 saturated heterocycles. The maximum Gasteiger partial charge on any atom is 0.255 e. The number of sulfonamides is 1. The molecule has 9 heteroatoms. The topological polar surface area (TPSA) is 78.5 Å². The van der Waals surface area contributed by atoms with Crippen molar-refractivity contribution in [2.45, 2.75) is 17.9 Å². The van der Waals surface area contributed by atoms with Gasteiger partial charge in [0, 0.05) is 45.0 Å². The fourth-order valence-corrected chi connectivity index (χ4v) is 5.26. The van der Waals surface area contributed by atoms with Crippen LogP contribution in [-0.4, -0.2) is 44.3 Å². The monoisotopic (exact) mass is 563 g/mol. The Labute approximate surface area is 181 Å². The van der Waals surface area contributed by atoms with Gasteiger partial charge in [0.25, 0.3) is 5.91 Å². The Kier molecular flexibility index (Phi) is 6.57. The number of anilines is 1. The molecular formula is C18H19BrIN3O3S. The van der Waals surface area contributed by atoms with Crippen LogP contribution < -0.4 is 10.6 Å². The van der Waals surface area contributed by atoms with Crippen molar-refractivity contribution in [1.29, 1.82) is 0 Å². The number of rotatable bonds is 4. The summed E-state index contributed by atoms with van der Waals surface area (Å²) in [6, 6.07) is 11.5. The quantitative estimate of drug-likeness (QED) is 0.560. The number of hydrogen-bond donors (Lipinski definition) is 2. The molecule has 1 amide bonds. The molecule has 0 saturated carbocycles. The first-order chi connectivity index (χ1) is 12.8. The number of carbonyl (C=O) groups is 1. The summed E-state index contributed by atoms with van der Waals surface area (Å²) < 4.78 is 29.0. The Hall–Kier alpha value is -1.01. The van der Waals surface area contributed by atoms with E-state index in [9.17, 15) is 13.2 Å². The van der Waals surface area contributed by atoms with E-state index in [4.69, 9.17) is 0 Å². The molecule has 0 aromatic heterocycles. The highest BCUT2D eigenvalue weighted by atomic mass is 127. The number of amides is 1. The summed E-state index contributed by atoms with van der Waals surface area (Å²) in [7, 11) is -3.54. The Morgan fingerprint density at radius 1 is 1.26 bits per heavy atom. The largest absolute Gasteiger partial charge is 0.322 e. The Bertz CT molecular complexity index is 951. The number of piperazine rings is 1. The summed E-state index contributed by atoms with van der Waals surface area (Å²) in [5, 5.41) is 5.98. The van der Waals surface area contributed by atoms with Gasteiger partial charge in [0.2, 0.25) is 10.0 Å². The second kappa shape index (κ2) is 8.56. The maximum absolute atomic E-state index is 12.8. The lowest BCUT2D eigenvalue weighted by Crippen LogP contribution is -2.52. The van der Waals surface area contributed by atoms with Gasteiger partial charge in [0.15, 0.2) is 0 Å². The number of hydrogen-bond acceptors (Lipinski definition) is 4. The first-order valence-corrected chi connectivity index (χ1v) is 11.7. The molecule has 1 heterocycles. The summed E-state index contributed by atoms with van der Waals surface area (Å²) >= 11 is 5.55. The summed E-state index contributed by atoms with van der Waals surface area (Å²) in [6.07, 6.45) is 0. The zero-order valence-corrected chi connectivity index (χ0v) is 19.1. The maximum atomic E-state index is 12.8. The van der Waals surface area contributed by atoms with E-state index in [0.29, 0.717) is 30.9 Å². The summed E-state index contributed by atoms with van der Waals surface area (Å²) in [5.41, 5.74) is 1.08. The van der Waals surface area contributed by atoms with Crippen LogP contribution in [0.25, 0.3) is 0 Å². The van der Waals surface area contributed by atoms with Crippen LogP contribution in [0.4, 0.5) is 5.69 Å². The molecule has 2 aromatic rings. The number of nitrogens with one attached hydrogen (secondary N) is 2. The van der Waals surface area contributed by atoms with Gasteiger partial charge in [0.1, 0.15) is 0 Å². The Morgan fingerprint density at radius 3 is 2.59 bits per heavy atom. The van der Waals surface area contributed by atoms with Gasteiger partial charge in [0.05, 0.1) is 4.90 Å². The van der Waals surface area contributed by atoms with E-state index < -0.39 is 10.0 Å². The lowest BCUT2D eigenvalue weighted by Gasteiger charge is -2.32. The molecule has 0 bridgehead atoms. The van der Waals surface area contributed by atoms with Crippen LogP contribution in [-0.2, 0) is 10.0 Å². The van der Waals surface area contributed by atoms with E-state index in [1.165, 1.54) is 16.4 Å². The van der Waals surface area contributed by atoms with Gasteiger partial charge < -0.3 is 10.6 Å². The fraction of sp³-hybridized carbons (Fsp3) is 0.278. The standard InChI is InChI=1S/C18H19BrIN3O3S/c1-12-11-21-8-9-23(12)27(25,26)15-5-3-14(4-6-15)22-18(24)13-2-7-16(19)17(20)10-13/h2-7,10,12,21H,8-9,11H2,1H3,(H,22,24). The molecule has 0 spiro atoms. The van der Waals surface area contributed by atoms with Gasteiger partial charge in [-0.1, -0.05) is 0 Å². The highest BCUT2D eigenvalue weighted by molar-refractivity contribution is 14.1. The molecule has 3 rings (SSSR count). The van der Waals surface area contributed by atoms with Gasteiger partial charge in [-0.2, -0.15) is 4.31 Å².